The number of hydrogen-bond acceptors (Lipinski definition) is 4. The fourth-order valence-electron chi connectivity index (χ4n) is 2.48. The number of carbonyl (C=O) groups is 1. The fraction of sp³-hybridized carbons (Fsp3) is 0.533. The van der Waals surface area contributed by atoms with E-state index in [0.717, 1.165) is 24.9 Å². The molecule has 22 heavy (non-hydrogen) atoms. The van der Waals surface area contributed by atoms with Gasteiger partial charge in [0.05, 0.1) is 18.0 Å². The topological polar surface area (TPSA) is 50.4 Å². The Hall–Kier alpha value is -1.34. The van der Waals surface area contributed by atoms with Crippen LogP contribution in [0.25, 0.3) is 0 Å². The second-order valence-electron chi connectivity index (χ2n) is 5.16. The van der Waals surface area contributed by atoms with Crippen LogP contribution in [0.3, 0.4) is 0 Å². The molecule has 1 saturated heterocycles. The number of ether oxygens (including phenoxy) is 1. The van der Waals surface area contributed by atoms with Crippen molar-refractivity contribution in [2.24, 2.45) is 0 Å². The zero-order valence-corrected chi connectivity index (χ0v) is 13.4. The molecule has 1 aromatic rings. The van der Waals surface area contributed by atoms with Gasteiger partial charge in [0.25, 0.3) is 5.76 Å². The maximum atomic E-state index is 12.5. The van der Waals surface area contributed by atoms with Gasteiger partial charge in [-0.1, -0.05) is 17.8 Å². The Morgan fingerprint density at radius 1 is 1.45 bits per heavy atom. The quantitative estimate of drug-likeness (QED) is 0.788. The first kappa shape index (κ1) is 17.0. The maximum Gasteiger partial charge on any atom is 0.289 e. The highest BCUT2D eigenvalue weighted by Crippen LogP contribution is 2.35. The molecule has 0 spiro atoms. The van der Waals surface area contributed by atoms with Gasteiger partial charge in [0.2, 0.25) is 5.91 Å². The molecule has 7 heteroatoms. The third-order valence-corrected chi connectivity index (χ3v) is 4.41. The first-order valence-electron chi connectivity index (χ1n) is 7.17. The second kappa shape index (κ2) is 7.78. The Bertz CT molecular complexity index is 528. The minimum absolute atomic E-state index is 0.00920. The van der Waals surface area contributed by atoms with Crippen molar-refractivity contribution in [2.45, 2.75) is 42.5 Å². The van der Waals surface area contributed by atoms with E-state index in [-0.39, 0.29) is 18.0 Å². The number of alkyl halides is 2. The van der Waals surface area contributed by atoms with E-state index in [4.69, 9.17) is 4.74 Å². The number of piperidine rings is 1. The van der Waals surface area contributed by atoms with Crippen LogP contribution >= 0.6 is 11.8 Å². The fourth-order valence-corrected chi connectivity index (χ4v) is 3.07. The van der Waals surface area contributed by atoms with Crippen LogP contribution in [-0.4, -0.2) is 31.4 Å². The lowest BCUT2D eigenvalue weighted by atomic mass is 10.0. The molecule has 2 atom stereocenters. The van der Waals surface area contributed by atoms with Crippen molar-refractivity contribution in [3.05, 3.63) is 23.8 Å². The summed E-state index contributed by atoms with van der Waals surface area (Å²) in [6, 6.07) is 4.86. The molecule has 1 fully saturated rings. The number of thioether (sulfide) groups is 1. The van der Waals surface area contributed by atoms with E-state index < -0.39 is 5.76 Å². The van der Waals surface area contributed by atoms with Crippen LogP contribution in [-0.2, 0) is 4.79 Å². The summed E-state index contributed by atoms with van der Waals surface area (Å²) >= 11 is 0.463. The van der Waals surface area contributed by atoms with Crippen LogP contribution in [0.2, 0.25) is 0 Å². The van der Waals surface area contributed by atoms with E-state index in [0.29, 0.717) is 22.4 Å². The first-order chi connectivity index (χ1) is 10.5. The average molecular weight is 330 g/mol. The molecule has 1 aromatic carbocycles. The van der Waals surface area contributed by atoms with E-state index in [9.17, 15) is 13.6 Å². The number of benzene rings is 1. The highest BCUT2D eigenvalue weighted by molar-refractivity contribution is 7.99. The third kappa shape index (κ3) is 4.33. The zero-order valence-electron chi connectivity index (χ0n) is 12.6. The van der Waals surface area contributed by atoms with Gasteiger partial charge < -0.3 is 10.1 Å². The lowest BCUT2D eigenvalue weighted by molar-refractivity contribution is -0.124. The van der Waals surface area contributed by atoms with Gasteiger partial charge >= 0.3 is 0 Å². The predicted molar refractivity (Wildman–Crippen MR) is 82.4 cm³/mol. The molecule has 1 aliphatic rings. The van der Waals surface area contributed by atoms with Crippen LogP contribution in [0.1, 0.15) is 31.4 Å². The van der Waals surface area contributed by atoms with Gasteiger partial charge in [-0.2, -0.15) is 8.78 Å². The lowest BCUT2D eigenvalue weighted by Crippen LogP contribution is -2.48. The number of nitrogens with one attached hydrogen (secondary N) is 2. The Morgan fingerprint density at radius 3 is 2.86 bits per heavy atom. The number of carbonyl (C=O) groups excluding carboxylic acids is 1. The number of hydrogen-bond donors (Lipinski definition) is 2. The first-order valence-corrected chi connectivity index (χ1v) is 8.05. The average Bonchev–Trinajstić information content (AvgIpc) is 2.49. The molecule has 2 rings (SSSR count). The molecule has 4 nitrogen and oxygen atoms in total. The van der Waals surface area contributed by atoms with Gasteiger partial charge in [0, 0.05) is 12.6 Å². The minimum Gasteiger partial charge on any atom is -0.496 e. The summed E-state index contributed by atoms with van der Waals surface area (Å²) < 4.78 is 30.2. The van der Waals surface area contributed by atoms with E-state index >= 15 is 0 Å². The summed E-state index contributed by atoms with van der Waals surface area (Å²) in [5.41, 5.74) is 0.897. The molecular weight excluding hydrogens is 310 g/mol. The molecule has 122 valence electrons. The van der Waals surface area contributed by atoms with Crippen LogP contribution in [0.5, 0.6) is 5.75 Å². The van der Waals surface area contributed by atoms with E-state index in [1.54, 1.807) is 18.2 Å². The van der Waals surface area contributed by atoms with Crippen LogP contribution in [0.15, 0.2) is 23.1 Å². The maximum absolute atomic E-state index is 12.5. The van der Waals surface area contributed by atoms with Crippen molar-refractivity contribution in [2.75, 3.05) is 13.7 Å². The van der Waals surface area contributed by atoms with Gasteiger partial charge in [-0.3, -0.25) is 10.1 Å². The lowest BCUT2D eigenvalue weighted by Gasteiger charge is -2.26. The second-order valence-corrected chi connectivity index (χ2v) is 6.19. The van der Waals surface area contributed by atoms with E-state index in [2.05, 4.69) is 10.6 Å². The molecule has 1 amide bonds. The van der Waals surface area contributed by atoms with E-state index in [1.807, 2.05) is 6.92 Å². The van der Waals surface area contributed by atoms with Gasteiger partial charge in [-0.05, 0) is 37.5 Å². The summed E-state index contributed by atoms with van der Waals surface area (Å²) in [5.74, 6) is -2.05. The van der Waals surface area contributed by atoms with Gasteiger partial charge in [-0.25, -0.2) is 0 Å². The van der Waals surface area contributed by atoms with Crippen molar-refractivity contribution in [3.8, 4) is 5.75 Å². The summed E-state index contributed by atoms with van der Waals surface area (Å²) in [5, 5.41) is 6.10. The summed E-state index contributed by atoms with van der Waals surface area (Å²) in [6.07, 6.45) is 1.75. The van der Waals surface area contributed by atoms with Crippen molar-refractivity contribution in [1.82, 2.24) is 10.6 Å². The van der Waals surface area contributed by atoms with Crippen molar-refractivity contribution >= 4 is 17.7 Å². The molecule has 0 unspecified atom stereocenters. The van der Waals surface area contributed by atoms with Crippen molar-refractivity contribution in [3.63, 3.8) is 0 Å². The number of halogens is 2. The van der Waals surface area contributed by atoms with Gasteiger partial charge in [0.15, 0.2) is 0 Å². The largest absolute Gasteiger partial charge is 0.496 e. The molecule has 2 N–H and O–H groups in total. The Balaban J connectivity index is 2.08. The van der Waals surface area contributed by atoms with Crippen LogP contribution < -0.4 is 15.4 Å². The van der Waals surface area contributed by atoms with Crippen molar-refractivity contribution in [1.29, 1.82) is 0 Å². The van der Waals surface area contributed by atoms with Crippen LogP contribution in [0.4, 0.5) is 8.78 Å². The minimum atomic E-state index is -2.48. The Labute approximate surface area is 133 Å². The number of rotatable bonds is 6. The summed E-state index contributed by atoms with van der Waals surface area (Å²) in [7, 11) is 1.46. The zero-order chi connectivity index (χ0) is 16.1. The smallest absolute Gasteiger partial charge is 0.289 e. The van der Waals surface area contributed by atoms with Crippen LogP contribution in [0, 0.1) is 0 Å². The standard InChI is InChI=1S/C15H20F2N2O2S/c1-9(19-11-4-3-7-18-14(11)20)10-5-6-13(22-15(16)17)12(8-10)21-2/h5-6,8-9,11,15,19H,3-4,7H2,1-2H3,(H,18,20)/t9-,11-/m0/s1. The highest BCUT2D eigenvalue weighted by atomic mass is 32.2. The molecule has 1 aliphatic heterocycles. The van der Waals surface area contributed by atoms with E-state index in [1.165, 1.54) is 7.11 Å². The molecule has 1 heterocycles. The highest BCUT2D eigenvalue weighted by Gasteiger charge is 2.24. The summed E-state index contributed by atoms with van der Waals surface area (Å²) in [6.45, 7) is 2.66. The summed E-state index contributed by atoms with van der Waals surface area (Å²) in [4.78, 5) is 12.2. The Kier molecular flexibility index (Phi) is 6.02. The molecular formula is C15H20F2N2O2S. The predicted octanol–water partition coefficient (Wildman–Crippen LogP) is 2.94. The molecule has 0 saturated carbocycles. The number of methoxy groups -OCH3 is 1. The monoisotopic (exact) mass is 330 g/mol. The third-order valence-electron chi connectivity index (χ3n) is 3.64. The SMILES string of the molecule is COc1cc([C@H](C)N[C@H]2CCCNC2=O)ccc1SC(F)F. The van der Waals surface area contributed by atoms with Gasteiger partial charge in [0.1, 0.15) is 5.75 Å². The molecule has 0 bridgehead atoms. The Morgan fingerprint density at radius 2 is 2.23 bits per heavy atom. The van der Waals surface area contributed by atoms with Gasteiger partial charge in [-0.15, -0.1) is 0 Å². The number of amides is 1. The molecule has 0 aromatic heterocycles. The normalized spacial score (nSPS) is 19.9. The molecule has 0 aliphatic carbocycles. The molecule has 0 radical (unpaired) electrons. The van der Waals surface area contributed by atoms with Crippen molar-refractivity contribution < 1.29 is 18.3 Å².